The van der Waals surface area contributed by atoms with Crippen LogP contribution < -0.4 is 4.90 Å². The first-order chi connectivity index (χ1) is 10.5. The minimum Gasteiger partial charge on any atom is -0.481 e. The number of carbonyl (C=O) groups is 1. The minimum atomic E-state index is -0.713. The summed E-state index contributed by atoms with van der Waals surface area (Å²) in [6.45, 7) is 4.18. The Balaban J connectivity index is 1.71. The molecule has 22 heavy (non-hydrogen) atoms. The lowest BCUT2D eigenvalue weighted by Crippen LogP contribution is -2.42. The van der Waals surface area contributed by atoms with Gasteiger partial charge in [-0.25, -0.2) is 4.98 Å². The predicted octanol–water partition coefficient (Wildman–Crippen LogP) is 2.70. The third kappa shape index (κ3) is 3.49. The van der Waals surface area contributed by atoms with Crippen molar-refractivity contribution in [3.8, 4) is 0 Å². The van der Waals surface area contributed by atoms with Gasteiger partial charge in [0, 0.05) is 30.4 Å². The van der Waals surface area contributed by atoms with Crippen LogP contribution in [0, 0.1) is 11.8 Å². The summed E-state index contributed by atoms with van der Waals surface area (Å²) in [7, 11) is 0. The monoisotopic (exact) mass is 384 g/mol. The molecule has 118 valence electrons. The minimum absolute atomic E-state index is 0.307. The van der Waals surface area contributed by atoms with Crippen LogP contribution in [0.2, 0.25) is 0 Å². The lowest BCUT2D eigenvalue weighted by atomic mass is 9.91. The van der Waals surface area contributed by atoms with Crippen molar-refractivity contribution >= 4 is 38.4 Å². The van der Waals surface area contributed by atoms with Gasteiger partial charge in [-0.2, -0.15) is 5.10 Å². The van der Waals surface area contributed by atoms with Crippen LogP contribution >= 0.6 is 27.3 Å². The van der Waals surface area contributed by atoms with Gasteiger partial charge >= 0.3 is 5.97 Å². The largest absolute Gasteiger partial charge is 0.481 e. The molecule has 0 radical (unpaired) electrons. The van der Waals surface area contributed by atoms with Gasteiger partial charge in [0.25, 0.3) is 0 Å². The highest BCUT2D eigenvalue weighted by atomic mass is 79.9. The van der Waals surface area contributed by atoms with Crippen LogP contribution in [0.15, 0.2) is 23.1 Å². The second-order valence-electron chi connectivity index (χ2n) is 5.75. The number of aliphatic carboxylic acids is 1. The van der Waals surface area contributed by atoms with E-state index in [9.17, 15) is 9.90 Å². The summed E-state index contributed by atoms with van der Waals surface area (Å²) in [5.41, 5.74) is 0. The number of hydrogen-bond acceptors (Lipinski definition) is 5. The summed E-state index contributed by atoms with van der Waals surface area (Å²) >= 11 is 4.99. The van der Waals surface area contributed by atoms with Crippen molar-refractivity contribution in [2.75, 3.05) is 18.0 Å². The van der Waals surface area contributed by atoms with Crippen LogP contribution in [0.1, 0.15) is 18.2 Å². The molecule has 0 saturated carbocycles. The van der Waals surface area contributed by atoms with Crippen molar-refractivity contribution < 1.29 is 9.90 Å². The molecule has 2 aromatic rings. The van der Waals surface area contributed by atoms with Crippen molar-refractivity contribution in [1.82, 2.24) is 14.8 Å². The molecule has 2 aromatic heterocycles. The molecule has 1 aliphatic rings. The third-order valence-corrected chi connectivity index (χ3v) is 5.19. The first-order valence-corrected chi connectivity index (χ1v) is 8.72. The van der Waals surface area contributed by atoms with Crippen LogP contribution in [-0.4, -0.2) is 38.9 Å². The number of hydrogen-bond donors (Lipinski definition) is 1. The van der Waals surface area contributed by atoms with Gasteiger partial charge in [0.05, 0.1) is 23.1 Å². The van der Waals surface area contributed by atoms with E-state index >= 15 is 0 Å². The van der Waals surface area contributed by atoms with E-state index in [0.717, 1.165) is 27.4 Å². The molecular weight excluding hydrogens is 368 g/mol. The summed E-state index contributed by atoms with van der Waals surface area (Å²) < 4.78 is 2.80. The van der Waals surface area contributed by atoms with E-state index in [2.05, 4.69) is 37.8 Å². The van der Waals surface area contributed by atoms with Crippen molar-refractivity contribution in [3.63, 3.8) is 0 Å². The molecule has 0 bridgehead atoms. The molecule has 3 rings (SSSR count). The summed E-state index contributed by atoms with van der Waals surface area (Å²) in [6.07, 6.45) is 6.27. The highest BCUT2D eigenvalue weighted by molar-refractivity contribution is 9.10. The Hall–Kier alpha value is -1.41. The van der Waals surface area contributed by atoms with E-state index in [4.69, 9.17) is 0 Å². The highest BCUT2D eigenvalue weighted by Gasteiger charge is 2.30. The fourth-order valence-corrected chi connectivity index (χ4v) is 4.04. The summed E-state index contributed by atoms with van der Waals surface area (Å²) in [6, 6.07) is 0. The number of thiazole rings is 1. The Labute approximate surface area is 140 Å². The Morgan fingerprint density at radius 2 is 2.32 bits per heavy atom. The molecule has 1 N–H and O–H groups in total. The summed E-state index contributed by atoms with van der Waals surface area (Å²) in [5.74, 6) is -0.655. The summed E-state index contributed by atoms with van der Waals surface area (Å²) in [4.78, 5) is 18.9. The fraction of sp³-hybridized carbons (Fsp3) is 0.500. The first kappa shape index (κ1) is 15.5. The summed E-state index contributed by atoms with van der Waals surface area (Å²) in [5, 5.41) is 14.4. The Bertz CT molecular complexity index is 671. The first-order valence-electron chi connectivity index (χ1n) is 7.11. The third-order valence-electron chi connectivity index (χ3n) is 3.74. The van der Waals surface area contributed by atoms with E-state index in [1.54, 1.807) is 17.5 Å². The molecule has 1 aliphatic heterocycles. The molecule has 0 spiro atoms. The van der Waals surface area contributed by atoms with Gasteiger partial charge in [-0.3, -0.25) is 9.48 Å². The Kier molecular flexibility index (Phi) is 4.49. The van der Waals surface area contributed by atoms with Crippen molar-refractivity contribution in [2.24, 2.45) is 11.8 Å². The molecule has 2 atom stereocenters. The maximum atomic E-state index is 11.3. The normalized spacial score (nSPS) is 22.0. The lowest BCUT2D eigenvalue weighted by molar-refractivity contribution is -0.142. The number of rotatable bonds is 4. The molecule has 0 aromatic carbocycles. The van der Waals surface area contributed by atoms with Crippen molar-refractivity contribution in [2.45, 2.75) is 19.9 Å². The van der Waals surface area contributed by atoms with Gasteiger partial charge in [-0.1, -0.05) is 18.3 Å². The zero-order chi connectivity index (χ0) is 15.7. The molecule has 1 fully saturated rings. The zero-order valence-electron chi connectivity index (χ0n) is 12.1. The highest BCUT2D eigenvalue weighted by Crippen LogP contribution is 2.30. The van der Waals surface area contributed by atoms with Crippen LogP contribution in [-0.2, 0) is 11.3 Å². The van der Waals surface area contributed by atoms with Crippen LogP contribution in [0.5, 0.6) is 0 Å². The fourth-order valence-electron chi connectivity index (χ4n) is 2.79. The molecule has 2 unspecified atom stereocenters. The number of nitrogens with zero attached hydrogens (tertiary/aromatic N) is 4. The maximum absolute atomic E-state index is 11.3. The zero-order valence-corrected chi connectivity index (χ0v) is 14.5. The van der Waals surface area contributed by atoms with Crippen LogP contribution in [0.25, 0.3) is 0 Å². The Morgan fingerprint density at radius 1 is 1.50 bits per heavy atom. The number of aromatic nitrogens is 3. The van der Waals surface area contributed by atoms with Gasteiger partial charge in [-0.05, 0) is 28.3 Å². The van der Waals surface area contributed by atoms with Crippen LogP contribution in [0.4, 0.5) is 5.13 Å². The molecule has 1 saturated heterocycles. The van der Waals surface area contributed by atoms with Crippen LogP contribution in [0.3, 0.4) is 0 Å². The second kappa shape index (κ2) is 6.37. The van der Waals surface area contributed by atoms with Crippen molar-refractivity contribution in [3.05, 3.63) is 27.9 Å². The average Bonchev–Trinajstić information content (AvgIpc) is 3.08. The molecule has 3 heterocycles. The standard InChI is InChI=1S/C14H17BrN4O2S/c1-9-2-10(13(20)21)6-18(5-9)14-16-4-12(22-14)8-19-7-11(15)3-17-19/h3-4,7,9-10H,2,5-6,8H2,1H3,(H,20,21). The average molecular weight is 385 g/mol. The van der Waals surface area contributed by atoms with Gasteiger partial charge in [-0.15, -0.1) is 0 Å². The van der Waals surface area contributed by atoms with E-state index < -0.39 is 5.97 Å². The number of piperidine rings is 1. The molecule has 0 amide bonds. The van der Waals surface area contributed by atoms with E-state index in [-0.39, 0.29) is 5.92 Å². The smallest absolute Gasteiger partial charge is 0.308 e. The van der Waals surface area contributed by atoms with Crippen molar-refractivity contribution in [1.29, 1.82) is 0 Å². The number of carboxylic acids is 1. The van der Waals surface area contributed by atoms with Gasteiger partial charge in [0.15, 0.2) is 5.13 Å². The second-order valence-corrected chi connectivity index (χ2v) is 7.76. The topological polar surface area (TPSA) is 71.2 Å². The number of anilines is 1. The quantitative estimate of drug-likeness (QED) is 0.876. The number of halogens is 1. The SMILES string of the molecule is CC1CC(C(=O)O)CN(c2ncc(Cn3cc(Br)cn3)s2)C1. The van der Waals surface area contributed by atoms with Gasteiger partial charge in [0.2, 0.25) is 0 Å². The van der Waals surface area contributed by atoms with Gasteiger partial charge in [0.1, 0.15) is 0 Å². The van der Waals surface area contributed by atoms with Gasteiger partial charge < -0.3 is 10.0 Å². The predicted molar refractivity (Wildman–Crippen MR) is 88.3 cm³/mol. The number of carboxylic acid groups (broad SMARTS) is 1. The molecule has 8 heteroatoms. The van der Waals surface area contributed by atoms with E-state index in [0.29, 0.717) is 19.0 Å². The Morgan fingerprint density at radius 3 is 3.00 bits per heavy atom. The lowest BCUT2D eigenvalue weighted by Gasteiger charge is -2.34. The molecular formula is C14H17BrN4O2S. The van der Waals surface area contributed by atoms with E-state index in [1.807, 2.05) is 17.1 Å². The molecule has 0 aliphatic carbocycles. The van der Waals surface area contributed by atoms with E-state index in [1.165, 1.54) is 0 Å². The molecule has 6 nitrogen and oxygen atoms in total. The maximum Gasteiger partial charge on any atom is 0.308 e.